The number of nitrogens with zero attached hydrogens (tertiary/aromatic N) is 1. The first-order valence-electron chi connectivity index (χ1n) is 14.0. The second-order valence-corrected chi connectivity index (χ2v) is 12.2. The lowest BCUT2D eigenvalue weighted by molar-refractivity contribution is -0.395. The van der Waals surface area contributed by atoms with Gasteiger partial charge in [-0.15, -0.1) is 0 Å². The molecule has 2 atom stereocenters. The smallest absolute Gasteiger partial charge is 0.172 e. The molecule has 1 aliphatic carbocycles. The summed E-state index contributed by atoms with van der Waals surface area (Å²) in [6.07, 6.45) is 11.7. The third kappa shape index (κ3) is 5.25. The zero-order chi connectivity index (χ0) is 25.4. The van der Waals surface area contributed by atoms with Crippen LogP contribution in [-0.4, -0.2) is 54.5 Å². The van der Waals surface area contributed by atoms with E-state index in [2.05, 4.69) is 64.0 Å². The summed E-state index contributed by atoms with van der Waals surface area (Å²) in [7, 11) is 0. The molecule has 6 nitrogen and oxygen atoms in total. The first-order chi connectivity index (χ1) is 17.2. The molecular formula is C30H45NO5. The molecule has 36 heavy (non-hydrogen) atoms. The molecule has 2 spiro atoms. The number of allylic oxidation sites excluding steroid dienone is 2. The second-order valence-electron chi connectivity index (χ2n) is 12.2. The minimum Gasteiger partial charge on any atom is -0.491 e. The molecule has 0 bridgehead atoms. The predicted molar refractivity (Wildman–Crippen MR) is 140 cm³/mol. The van der Waals surface area contributed by atoms with E-state index < -0.39 is 5.79 Å². The SMILES string of the molecule is CCC1(CC)CC2(CC(C)(C)N1OC(C)c1ccc(OCC3CO3)cc1)OCC1(CC=CCC1)CO2. The lowest BCUT2D eigenvalue weighted by Gasteiger charge is -2.61. The Hall–Kier alpha value is -1.44. The highest BCUT2D eigenvalue weighted by Gasteiger charge is 2.59. The van der Waals surface area contributed by atoms with E-state index >= 15 is 0 Å². The third-order valence-electron chi connectivity index (χ3n) is 8.89. The fourth-order valence-electron chi connectivity index (χ4n) is 6.52. The minimum atomic E-state index is -0.546. The van der Waals surface area contributed by atoms with Crippen LogP contribution in [0.15, 0.2) is 36.4 Å². The highest BCUT2D eigenvalue weighted by molar-refractivity contribution is 5.28. The molecule has 1 aromatic rings. The van der Waals surface area contributed by atoms with E-state index in [1.54, 1.807) is 0 Å². The van der Waals surface area contributed by atoms with Crippen molar-refractivity contribution in [1.29, 1.82) is 0 Å². The van der Waals surface area contributed by atoms with Crippen LogP contribution in [0, 0.1) is 5.41 Å². The fraction of sp³-hybridized carbons (Fsp3) is 0.733. The topological polar surface area (TPSA) is 52.7 Å². The summed E-state index contributed by atoms with van der Waals surface area (Å²) >= 11 is 0. The molecule has 0 aromatic heterocycles. The van der Waals surface area contributed by atoms with Gasteiger partial charge in [0.1, 0.15) is 24.6 Å². The Labute approximate surface area is 217 Å². The van der Waals surface area contributed by atoms with E-state index in [0.717, 1.165) is 76.1 Å². The Morgan fingerprint density at radius 2 is 1.72 bits per heavy atom. The molecule has 0 amide bonds. The maximum Gasteiger partial charge on any atom is 0.172 e. The summed E-state index contributed by atoms with van der Waals surface area (Å²) in [5.41, 5.74) is 0.873. The molecule has 0 radical (unpaired) electrons. The van der Waals surface area contributed by atoms with Crippen LogP contribution in [0.4, 0.5) is 0 Å². The van der Waals surface area contributed by atoms with Crippen LogP contribution in [0.2, 0.25) is 0 Å². The monoisotopic (exact) mass is 499 g/mol. The van der Waals surface area contributed by atoms with Crippen molar-refractivity contribution in [2.45, 2.75) is 109 Å². The summed E-state index contributed by atoms with van der Waals surface area (Å²) in [6.45, 7) is 14.2. The quantitative estimate of drug-likeness (QED) is 0.306. The van der Waals surface area contributed by atoms with Gasteiger partial charge in [0.05, 0.1) is 25.4 Å². The molecule has 5 rings (SSSR count). The van der Waals surface area contributed by atoms with Gasteiger partial charge in [0.15, 0.2) is 5.79 Å². The molecule has 1 aromatic carbocycles. The Bertz CT molecular complexity index is 910. The van der Waals surface area contributed by atoms with Crippen molar-refractivity contribution >= 4 is 0 Å². The molecule has 4 aliphatic rings. The molecule has 3 fully saturated rings. The van der Waals surface area contributed by atoms with E-state index in [4.69, 9.17) is 23.8 Å². The zero-order valence-electron chi connectivity index (χ0n) is 22.9. The van der Waals surface area contributed by atoms with Crippen LogP contribution in [-0.2, 0) is 19.0 Å². The third-order valence-corrected chi connectivity index (χ3v) is 8.89. The summed E-state index contributed by atoms with van der Waals surface area (Å²) in [4.78, 5) is 6.83. The summed E-state index contributed by atoms with van der Waals surface area (Å²) in [6, 6.07) is 8.27. The van der Waals surface area contributed by atoms with Crippen molar-refractivity contribution in [3.63, 3.8) is 0 Å². The number of hydrogen-bond donors (Lipinski definition) is 0. The lowest BCUT2D eigenvalue weighted by Crippen LogP contribution is -2.69. The Balaban J connectivity index is 1.29. The van der Waals surface area contributed by atoms with Gasteiger partial charge in [0.25, 0.3) is 0 Å². The largest absolute Gasteiger partial charge is 0.491 e. The van der Waals surface area contributed by atoms with E-state index in [0.29, 0.717) is 6.61 Å². The van der Waals surface area contributed by atoms with Crippen molar-refractivity contribution in [3.8, 4) is 5.75 Å². The minimum absolute atomic E-state index is 0.0814. The van der Waals surface area contributed by atoms with Gasteiger partial charge in [-0.1, -0.05) is 38.1 Å². The van der Waals surface area contributed by atoms with E-state index in [1.807, 2.05) is 12.1 Å². The lowest BCUT2D eigenvalue weighted by atomic mass is 9.71. The Morgan fingerprint density at radius 3 is 2.31 bits per heavy atom. The van der Waals surface area contributed by atoms with Gasteiger partial charge in [-0.05, 0) is 70.6 Å². The molecule has 3 aliphatic heterocycles. The van der Waals surface area contributed by atoms with Crippen LogP contribution in [0.3, 0.4) is 0 Å². The van der Waals surface area contributed by atoms with Gasteiger partial charge >= 0.3 is 0 Å². The zero-order valence-corrected chi connectivity index (χ0v) is 22.9. The molecule has 2 unspecified atom stereocenters. The van der Waals surface area contributed by atoms with Gasteiger partial charge in [0.2, 0.25) is 0 Å². The van der Waals surface area contributed by atoms with Crippen LogP contribution >= 0.6 is 0 Å². The maximum atomic E-state index is 6.83. The maximum absolute atomic E-state index is 6.83. The standard InChI is InChI=1S/C30H45NO5/c1-6-29(7-2)20-30(34-21-28(22-35-30)15-9-8-10-16-28)19-27(4,5)31(29)36-23(3)24-11-13-25(14-12-24)32-17-26-18-33-26/h8-9,11-14,23,26H,6-7,10,15-22H2,1-5H3. The average molecular weight is 500 g/mol. The number of epoxide rings is 1. The Morgan fingerprint density at radius 1 is 1.03 bits per heavy atom. The van der Waals surface area contributed by atoms with Gasteiger partial charge in [0, 0.05) is 23.8 Å². The van der Waals surface area contributed by atoms with Gasteiger partial charge in [-0.25, -0.2) is 0 Å². The molecule has 0 N–H and O–H groups in total. The van der Waals surface area contributed by atoms with Crippen LogP contribution < -0.4 is 4.74 Å². The number of rotatable bonds is 8. The fourth-order valence-corrected chi connectivity index (χ4v) is 6.52. The number of hydroxylamine groups is 2. The van der Waals surface area contributed by atoms with Crippen molar-refractivity contribution in [2.75, 3.05) is 26.4 Å². The number of benzene rings is 1. The first kappa shape index (κ1) is 26.2. The summed E-state index contributed by atoms with van der Waals surface area (Å²) in [5.74, 6) is 0.325. The molecule has 0 saturated carbocycles. The first-order valence-corrected chi connectivity index (χ1v) is 14.0. The van der Waals surface area contributed by atoms with E-state index in [9.17, 15) is 0 Å². The highest BCUT2D eigenvalue weighted by Crippen LogP contribution is 2.53. The van der Waals surface area contributed by atoms with Gasteiger partial charge in [-0.2, -0.15) is 5.06 Å². The van der Waals surface area contributed by atoms with Gasteiger partial charge < -0.3 is 18.9 Å². The van der Waals surface area contributed by atoms with Crippen molar-refractivity contribution in [3.05, 3.63) is 42.0 Å². The molecule has 3 saturated heterocycles. The van der Waals surface area contributed by atoms with Crippen LogP contribution in [0.5, 0.6) is 5.75 Å². The second kappa shape index (κ2) is 10.0. The molecule has 200 valence electrons. The number of hydrogen-bond acceptors (Lipinski definition) is 6. The predicted octanol–water partition coefficient (Wildman–Crippen LogP) is 6.36. The number of ether oxygens (including phenoxy) is 4. The highest BCUT2D eigenvalue weighted by atomic mass is 16.7. The molecular weight excluding hydrogens is 454 g/mol. The van der Waals surface area contributed by atoms with Crippen molar-refractivity contribution in [2.24, 2.45) is 5.41 Å². The van der Waals surface area contributed by atoms with Crippen molar-refractivity contribution < 1.29 is 23.8 Å². The molecule has 3 heterocycles. The summed E-state index contributed by atoms with van der Waals surface area (Å²) < 4.78 is 24.5. The molecule has 6 heteroatoms. The van der Waals surface area contributed by atoms with Gasteiger partial charge in [-0.3, -0.25) is 4.84 Å². The van der Waals surface area contributed by atoms with Crippen LogP contribution in [0.1, 0.15) is 91.2 Å². The van der Waals surface area contributed by atoms with E-state index in [-0.39, 0.29) is 28.7 Å². The average Bonchev–Trinajstić information content (AvgIpc) is 3.72. The van der Waals surface area contributed by atoms with Crippen molar-refractivity contribution in [1.82, 2.24) is 5.06 Å². The Kier molecular flexibility index (Phi) is 7.29. The normalized spacial score (nSPS) is 28.8. The van der Waals surface area contributed by atoms with Crippen LogP contribution in [0.25, 0.3) is 0 Å². The van der Waals surface area contributed by atoms with E-state index in [1.165, 1.54) is 0 Å². The number of piperidine rings is 1. The summed E-state index contributed by atoms with van der Waals surface area (Å²) in [5, 5.41) is 2.30.